The van der Waals surface area contributed by atoms with E-state index in [4.69, 9.17) is 14.6 Å². The van der Waals surface area contributed by atoms with Gasteiger partial charge in [0.15, 0.2) is 17.7 Å². The van der Waals surface area contributed by atoms with E-state index >= 15 is 0 Å². The molecule has 0 amide bonds. The van der Waals surface area contributed by atoms with Crippen LogP contribution in [0.15, 0.2) is 30.0 Å². The number of ether oxygens (including phenoxy) is 2. The summed E-state index contributed by atoms with van der Waals surface area (Å²) in [5.41, 5.74) is 2.73. The number of carbonyl (C=O) groups is 1. The third kappa shape index (κ3) is 4.69. The Morgan fingerprint density at radius 2 is 1.96 bits per heavy atom. The zero-order chi connectivity index (χ0) is 33.6. The minimum atomic E-state index is -1.24. The van der Waals surface area contributed by atoms with Gasteiger partial charge in [0, 0.05) is 30.6 Å². The molecule has 3 N–H and O–H groups in total. The van der Waals surface area contributed by atoms with Gasteiger partial charge >= 0.3 is 0 Å². The molecule has 0 radical (unpaired) electrons. The van der Waals surface area contributed by atoms with Gasteiger partial charge in [-0.1, -0.05) is 32.8 Å². The number of aromatic nitrogens is 2. The summed E-state index contributed by atoms with van der Waals surface area (Å²) in [5, 5.41) is 37.0. The van der Waals surface area contributed by atoms with Gasteiger partial charge in [0.1, 0.15) is 12.4 Å². The number of aliphatic hydroxyl groups excluding tert-OH is 3. The van der Waals surface area contributed by atoms with Gasteiger partial charge in [-0.05, 0) is 104 Å². The number of likely N-dealkylation sites (tertiary alicyclic amines) is 1. The zero-order valence-corrected chi connectivity index (χ0v) is 28.4. The lowest BCUT2D eigenvalue weighted by Crippen LogP contribution is -2.64. The van der Waals surface area contributed by atoms with Crippen molar-refractivity contribution in [2.24, 2.45) is 28.6 Å². The maximum absolute atomic E-state index is 15.0. The largest absolute Gasteiger partial charge is 0.393 e. The van der Waals surface area contributed by atoms with E-state index in [1.807, 2.05) is 16.9 Å². The van der Waals surface area contributed by atoms with E-state index in [1.165, 1.54) is 11.6 Å². The zero-order valence-electron chi connectivity index (χ0n) is 28.4. The molecule has 0 bridgehead atoms. The summed E-state index contributed by atoms with van der Waals surface area (Å²) in [7, 11) is 0. The fourth-order valence-electron chi connectivity index (χ4n) is 11.3. The minimum absolute atomic E-state index is 0.000830. The summed E-state index contributed by atoms with van der Waals surface area (Å²) in [6.07, 6.45) is 9.00. The molecule has 1 aromatic carbocycles. The maximum atomic E-state index is 15.0. The molecule has 1 aromatic heterocycles. The van der Waals surface area contributed by atoms with Gasteiger partial charge in [0.25, 0.3) is 0 Å². The molecule has 9 nitrogen and oxygen atoms in total. The summed E-state index contributed by atoms with van der Waals surface area (Å²) in [4.78, 5) is 15.8. The van der Waals surface area contributed by atoms with E-state index in [0.717, 1.165) is 55.7 Å². The van der Waals surface area contributed by atoms with E-state index < -0.39 is 36.1 Å². The number of aliphatic hydroxyl groups is 3. The van der Waals surface area contributed by atoms with Gasteiger partial charge in [0.2, 0.25) is 0 Å². The summed E-state index contributed by atoms with van der Waals surface area (Å²) in [5.74, 6) is -0.253. The third-order valence-electron chi connectivity index (χ3n) is 13.5. The van der Waals surface area contributed by atoms with Crippen LogP contribution in [0.3, 0.4) is 0 Å². The smallest absolute Gasteiger partial charge is 0.193 e. The van der Waals surface area contributed by atoms with Crippen molar-refractivity contribution in [3.05, 3.63) is 52.6 Å². The molecule has 9 atom stereocenters. The Labute approximate surface area is 282 Å². The molecule has 6 aliphatic rings. The van der Waals surface area contributed by atoms with Crippen LogP contribution in [0.1, 0.15) is 89.0 Å². The molecule has 2 aliphatic heterocycles. The van der Waals surface area contributed by atoms with Gasteiger partial charge in [-0.2, -0.15) is 5.10 Å². The number of Topliss-reactive ketones (excluding diaryl/α,β-unsaturated/α-hetero) is 1. The number of nitrogens with zero attached hydrogens (tertiary/aromatic N) is 3. The second-order valence-corrected chi connectivity index (χ2v) is 16.1. The first kappa shape index (κ1) is 32.7. The van der Waals surface area contributed by atoms with Gasteiger partial charge < -0.3 is 24.8 Å². The van der Waals surface area contributed by atoms with Crippen molar-refractivity contribution in [2.45, 2.75) is 115 Å². The Kier molecular flexibility index (Phi) is 8.05. The van der Waals surface area contributed by atoms with Crippen LogP contribution in [0, 0.1) is 34.4 Å². The van der Waals surface area contributed by atoms with Crippen LogP contribution >= 0.6 is 0 Å². The summed E-state index contributed by atoms with van der Waals surface area (Å²) in [6.45, 7) is 7.86. The lowest BCUT2D eigenvalue weighted by Gasteiger charge is -2.60. The number of carbonyl (C=O) groups excluding carboxylic acids is 1. The van der Waals surface area contributed by atoms with Crippen LogP contribution in [-0.2, 0) is 27.2 Å². The summed E-state index contributed by atoms with van der Waals surface area (Å²) >= 11 is 0. The van der Waals surface area contributed by atoms with Crippen LogP contribution in [0.25, 0.3) is 11.8 Å². The minimum Gasteiger partial charge on any atom is -0.393 e. The van der Waals surface area contributed by atoms with E-state index in [9.17, 15) is 24.5 Å². The lowest BCUT2D eigenvalue weighted by atomic mass is 9.45. The quantitative estimate of drug-likeness (QED) is 0.395. The molecule has 3 saturated carbocycles. The van der Waals surface area contributed by atoms with Crippen molar-refractivity contribution in [2.75, 3.05) is 19.7 Å². The van der Waals surface area contributed by atoms with Gasteiger partial charge in [-0.25, -0.2) is 9.07 Å². The van der Waals surface area contributed by atoms with Crippen LogP contribution in [-0.4, -0.2) is 85.7 Å². The fourth-order valence-corrected chi connectivity index (χ4v) is 11.3. The van der Waals surface area contributed by atoms with Crippen molar-refractivity contribution >= 4 is 11.9 Å². The van der Waals surface area contributed by atoms with E-state index in [0.29, 0.717) is 44.2 Å². The second kappa shape index (κ2) is 11.8. The van der Waals surface area contributed by atoms with Crippen LogP contribution in [0.5, 0.6) is 0 Å². The predicted octanol–water partition coefficient (Wildman–Crippen LogP) is 4.57. The molecule has 2 aromatic rings. The molecular weight excluding hydrogens is 613 g/mol. The molecule has 0 unspecified atom stereocenters. The molecule has 2 saturated heterocycles. The highest BCUT2D eigenvalue weighted by Gasteiger charge is 2.75. The fraction of sp³-hybridized carbons (Fsp3) is 0.684. The van der Waals surface area contributed by atoms with Crippen LogP contribution < -0.4 is 0 Å². The molecule has 48 heavy (non-hydrogen) atoms. The first-order valence-electron chi connectivity index (χ1n) is 18.1. The number of benzene rings is 1. The number of allylic oxidation sites excluding steroid dienone is 1. The van der Waals surface area contributed by atoms with Crippen LogP contribution in [0.2, 0.25) is 0 Å². The van der Waals surface area contributed by atoms with Crippen molar-refractivity contribution in [1.82, 2.24) is 14.7 Å². The average Bonchev–Trinajstić information content (AvgIpc) is 3.70. The number of ketones is 1. The summed E-state index contributed by atoms with van der Waals surface area (Å²) < 4.78 is 29.9. The Morgan fingerprint density at radius 3 is 2.71 bits per heavy atom. The molecule has 260 valence electrons. The first-order chi connectivity index (χ1) is 23.0. The molecule has 3 heterocycles. The highest BCUT2D eigenvalue weighted by atomic mass is 19.1. The standard InChI is InChI=1S/C38H50FN3O6/c1-4-5-34-47-33-16-28-27-8-6-24-15-30-23(17-36(24,2)35(27)31(45)18-37(28,3)38(33,48-34)32(46)21-43)19-40-42(30)25-7-9-29(39)22(14-25)20-41-12-10-26(44)11-13-41/h7,9,14-15,19,26-28,31,33-35,43-45H,4-6,8,10-13,16-18,20-21H2,1-3H3/t27-,28-,31-,33+,34-,35+,36-,37-,38+/m0/s1. The van der Waals surface area contributed by atoms with Gasteiger partial charge in [-0.15, -0.1) is 0 Å². The molecule has 5 fully saturated rings. The number of halogens is 1. The molecule has 0 spiro atoms. The van der Waals surface area contributed by atoms with Crippen LogP contribution in [0.4, 0.5) is 4.39 Å². The third-order valence-corrected chi connectivity index (χ3v) is 13.5. The average molecular weight is 664 g/mol. The Bertz CT molecular complexity index is 1620. The molecule has 10 heteroatoms. The van der Waals surface area contributed by atoms with Gasteiger partial charge in [0.05, 0.1) is 35.9 Å². The topological polar surface area (TPSA) is 117 Å². The normalized spacial score (nSPS) is 39.3. The number of hydrogen-bond acceptors (Lipinski definition) is 8. The SMILES string of the molecule is CCC[C@H]1O[C@@H]2C[C@H]3[C@@H]4CCC5=Cc6c(cnn6-c6ccc(F)c(CN7CCC(O)CC7)c6)C[C@]5(C)[C@H]4[C@@H](O)C[C@]3(C)[C@]2(C(=O)CO)O1. The highest BCUT2D eigenvalue weighted by molar-refractivity contribution is 5.91. The number of hydrogen-bond donors (Lipinski definition) is 3. The molecular formula is C38H50FN3O6. The highest BCUT2D eigenvalue weighted by Crippen LogP contribution is 2.70. The first-order valence-corrected chi connectivity index (χ1v) is 18.1. The van der Waals surface area contributed by atoms with Crippen molar-refractivity contribution in [3.8, 4) is 5.69 Å². The number of piperidine rings is 1. The lowest BCUT2D eigenvalue weighted by molar-refractivity contribution is -0.202. The summed E-state index contributed by atoms with van der Waals surface area (Å²) in [6, 6.07) is 5.22. The molecule has 8 rings (SSSR count). The number of fused-ring (bicyclic) bond motifs is 8. The number of rotatable bonds is 7. The van der Waals surface area contributed by atoms with Crippen molar-refractivity contribution in [1.29, 1.82) is 0 Å². The van der Waals surface area contributed by atoms with E-state index in [-0.39, 0.29) is 40.9 Å². The Morgan fingerprint density at radius 1 is 1.17 bits per heavy atom. The van der Waals surface area contributed by atoms with E-state index in [1.54, 1.807) is 6.07 Å². The second-order valence-electron chi connectivity index (χ2n) is 16.1. The Balaban J connectivity index is 1.08. The monoisotopic (exact) mass is 663 g/mol. The maximum Gasteiger partial charge on any atom is 0.193 e. The van der Waals surface area contributed by atoms with Crippen molar-refractivity contribution < 1.29 is 34.0 Å². The molecule has 4 aliphatic carbocycles. The van der Waals surface area contributed by atoms with E-state index in [2.05, 4.69) is 31.7 Å². The predicted molar refractivity (Wildman–Crippen MR) is 176 cm³/mol. The Hall–Kier alpha value is -2.47. The van der Waals surface area contributed by atoms with Crippen molar-refractivity contribution in [3.63, 3.8) is 0 Å². The van der Waals surface area contributed by atoms with Gasteiger partial charge in [-0.3, -0.25) is 9.69 Å².